The van der Waals surface area contributed by atoms with Gasteiger partial charge in [-0.2, -0.15) is 0 Å². The van der Waals surface area contributed by atoms with Gasteiger partial charge in [-0.3, -0.25) is 4.79 Å². The Morgan fingerprint density at radius 1 is 1.32 bits per heavy atom. The van der Waals surface area contributed by atoms with E-state index in [-0.39, 0.29) is 18.4 Å². The van der Waals surface area contributed by atoms with E-state index in [1.165, 1.54) is 11.3 Å². The van der Waals surface area contributed by atoms with E-state index in [2.05, 4.69) is 5.32 Å². The molecule has 0 saturated heterocycles. The standard InChI is InChI=1S/C19H22ClNO3S/c1-18(2,24-15-9-7-14(20)8-10-15)17(22)21-12-19(23,13-5-6-13)16-4-3-11-25-16/h3-4,7-11,13,23H,5-6,12H2,1-2H3,(H,21,22)/t19-/m0/s1. The molecule has 25 heavy (non-hydrogen) atoms. The van der Waals surface area contributed by atoms with Crippen LogP contribution in [0.4, 0.5) is 0 Å². The first kappa shape index (κ1) is 18.2. The van der Waals surface area contributed by atoms with E-state index >= 15 is 0 Å². The van der Waals surface area contributed by atoms with Crippen molar-refractivity contribution >= 4 is 28.8 Å². The largest absolute Gasteiger partial charge is 0.478 e. The van der Waals surface area contributed by atoms with Crippen LogP contribution in [-0.2, 0) is 10.4 Å². The van der Waals surface area contributed by atoms with Crippen LogP contribution in [0.2, 0.25) is 5.02 Å². The van der Waals surface area contributed by atoms with Crippen LogP contribution in [0.5, 0.6) is 5.75 Å². The molecule has 1 heterocycles. The number of ether oxygens (including phenoxy) is 1. The molecular weight excluding hydrogens is 358 g/mol. The van der Waals surface area contributed by atoms with Crippen molar-refractivity contribution in [3.8, 4) is 5.75 Å². The van der Waals surface area contributed by atoms with Gasteiger partial charge in [0.15, 0.2) is 5.60 Å². The predicted octanol–water partition coefficient (Wildman–Crippen LogP) is 3.97. The third kappa shape index (κ3) is 4.17. The number of aliphatic hydroxyl groups is 1. The molecule has 2 aromatic rings. The van der Waals surface area contributed by atoms with Crippen LogP contribution in [-0.4, -0.2) is 23.2 Å². The number of nitrogens with one attached hydrogen (secondary N) is 1. The zero-order valence-corrected chi connectivity index (χ0v) is 15.9. The second-order valence-electron chi connectivity index (χ2n) is 6.92. The van der Waals surface area contributed by atoms with E-state index in [4.69, 9.17) is 16.3 Å². The highest BCUT2D eigenvalue weighted by Crippen LogP contribution is 2.46. The summed E-state index contributed by atoms with van der Waals surface area (Å²) < 4.78 is 5.80. The molecule has 3 rings (SSSR count). The summed E-state index contributed by atoms with van der Waals surface area (Å²) in [5, 5.41) is 16.5. The SMILES string of the molecule is CC(C)(Oc1ccc(Cl)cc1)C(=O)NC[C@@](O)(c1cccs1)C1CC1. The van der Waals surface area contributed by atoms with Gasteiger partial charge in [-0.25, -0.2) is 0 Å². The van der Waals surface area contributed by atoms with E-state index in [1.807, 2.05) is 17.5 Å². The van der Waals surface area contributed by atoms with E-state index in [0.29, 0.717) is 10.8 Å². The number of thiophene rings is 1. The topological polar surface area (TPSA) is 58.6 Å². The Labute approximate surface area is 156 Å². The highest BCUT2D eigenvalue weighted by Gasteiger charge is 2.46. The number of carbonyl (C=O) groups excluding carboxylic acids is 1. The van der Waals surface area contributed by atoms with Crippen molar-refractivity contribution in [2.24, 2.45) is 5.92 Å². The van der Waals surface area contributed by atoms with E-state index < -0.39 is 11.2 Å². The molecule has 0 bridgehead atoms. The molecule has 1 aromatic heterocycles. The van der Waals surface area contributed by atoms with Crippen LogP contribution in [0.25, 0.3) is 0 Å². The molecule has 1 atom stereocenters. The Morgan fingerprint density at radius 3 is 2.56 bits per heavy atom. The van der Waals surface area contributed by atoms with Gasteiger partial charge in [0.25, 0.3) is 5.91 Å². The number of hydrogen-bond donors (Lipinski definition) is 2. The molecule has 1 aliphatic carbocycles. The summed E-state index contributed by atoms with van der Waals surface area (Å²) in [4.78, 5) is 13.5. The molecule has 1 saturated carbocycles. The van der Waals surface area contributed by atoms with Crippen molar-refractivity contribution in [1.29, 1.82) is 0 Å². The van der Waals surface area contributed by atoms with Crippen LogP contribution < -0.4 is 10.1 Å². The maximum absolute atomic E-state index is 12.6. The monoisotopic (exact) mass is 379 g/mol. The van der Waals surface area contributed by atoms with Gasteiger partial charge in [-0.1, -0.05) is 17.7 Å². The lowest BCUT2D eigenvalue weighted by Crippen LogP contribution is -2.51. The average Bonchev–Trinajstić information content (AvgIpc) is 3.29. The molecule has 6 heteroatoms. The third-order valence-corrected chi connectivity index (χ3v) is 5.74. The molecule has 0 aliphatic heterocycles. The minimum Gasteiger partial charge on any atom is -0.478 e. The maximum Gasteiger partial charge on any atom is 0.263 e. The normalized spacial score (nSPS) is 17.0. The molecule has 0 unspecified atom stereocenters. The molecule has 0 spiro atoms. The first-order chi connectivity index (χ1) is 11.8. The first-order valence-corrected chi connectivity index (χ1v) is 9.56. The number of hydrogen-bond acceptors (Lipinski definition) is 4. The van der Waals surface area contributed by atoms with E-state index in [9.17, 15) is 9.90 Å². The Kier molecular flexibility index (Phi) is 5.09. The minimum atomic E-state index is -1.06. The second-order valence-corrected chi connectivity index (χ2v) is 8.31. The fourth-order valence-electron chi connectivity index (χ4n) is 2.79. The van der Waals surface area contributed by atoms with Gasteiger partial charge in [-0.05, 0) is 68.3 Å². The molecule has 1 fully saturated rings. The molecule has 1 aromatic carbocycles. The van der Waals surface area contributed by atoms with Gasteiger partial charge in [0, 0.05) is 9.90 Å². The van der Waals surface area contributed by atoms with Crippen LogP contribution in [0.3, 0.4) is 0 Å². The van der Waals surface area contributed by atoms with E-state index in [1.54, 1.807) is 38.1 Å². The number of rotatable bonds is 7. The molecule has 1 amide bonds. The van der Waals surface area contributed by atoms with Crippen LogP contribution in [0.15, 0.2) is 41.8 Å². The fourth-order valence-corrected chi connectivity index (χ4v) is 3.82. The lowest BCUT2D eigenvalue weighted by atomic mass is 9.95. The van der Waals surface area contributed by atoms with Gasteiger partial charge < -0.3 is 15.2 Å². The quantitative estimate of drug-likeness (QED) is 0.765. The van der Waals surface area contributed by atoms with Crippen LogP contribution in [0.1, 0.15) is 31.6 Å². The molecule has 2 N–H and O–H groups in total. The molecule has 4 nitrogen and oxygen atoms in total. The highest BCUT2D eigenvalue weighted by molar-refractivity contribution is 7.10. The van der Waals surface area contributed by atoms with Crippen LogP contribution >= 0.6 is 22.9 Å². The summed E-state index contributed by atoms with van der Waals surface area (Å²) >= 11 is 7.38. The van der Waals surface area contributed by atoms with Crippen LogP contribution in [0, 0.1) is 5.92 Å². The highest BCUT2D eigenvalue weighted by atomic mass is 35.5. The van der Waals surface area contributed by atoms with Crippen molar-refractivity contribution in [3.05, 3.63) is 51.7 Å². The zero-order chi connectivity index (χ0) is 18.1. The summed E-state index contributed by atoms with van der Waals surface area (Å²) in [6, 6.07) is 10.7. The van der Waals surface area contributed by atoms with Crippen molar-refractivity contribution in [2.45, 2.75) is 37.9 Å². The maximum atomic E-state index is 12.6. The molecular formula is C19H22ClNO3S. The number of halogens is 1. The number of carbonyl (C=O) groups is 1. The Balaban J connectivity index is 1.65. The zero-order valence-electron chi connectivity index (χ0n) is 14.3. The van der Waals surface area contributed by atoms with Gasteiger partial charge in [-0.15, -0.1) is 11.3 Å². The summed E-state index contributed by atoms with van der Waals surface area (Å²) in [5.41, 5.74) is -2.06. The van der Waals surface area contributed by atoms with Crippen molar-refractivity contribution in [3.63, 3.8) is 0 Å². The van der Waals surface area contributed by atoms with Gasteiger partial charge >= 0.3 is 0 Å². The van der Waals surface area contributed by atoms with Gasteiger partial charge in [0.2, 0.25) is 0 Å². The second kappa shape index (κ2) is 6.98. The molecule has 0 radical (unpaired) electrons. The molecule has 1 aliphatic rings. The van der Waals surface area contributed by atoms with Crippen molar-refractivity contribution < 1.29 is 14.6 Å². The Bertz CT molecular complexity index is 726. The Morgan fingerprint density at radius 2 is 2.00 bits per heavy atom. The fraction of sp³-hybridized carbons (Fsp3) is 0.421. The van der Waals surface area contributed by atoms with E-state index in [0.717, 1.165) is 17.7 Å². The summed E-state index contributed by atoms with van der Waals surface area (Å²) in [6.45, 7) is 3.60. The van der Waals surface area contributed by atoms with Crippen molar-refractivity contribution in [2.75, 3.05) is 6.54 Å². The predicted molar refractivity (Wildman–Crippen MR) is 100 cm³/mol. The minimum absolute atomic E-state index is 0.185. The summed E-state index contributed by atoms with van der Waals surface area (Å²) in [6.07, 6.45) is 1.96. The first-order valence-electron chi connectivity index (χ1n) is 8.30. The lowest BCUT2D eigenvalue weighted by molar-refractivity contribution is -0.135. The smallest absolute Gasteiger partial charge is 0.263 e. The lowest BCUT2D eigenvalue weighted by Gasteiger charge is -2.30. The van der Waals surface area contributed by atoms with Gasteiger partial charge in [0.05, 0.1) is 6.54 Å². The Hall–Kier alpha value is -1.56. The van der Waals surface area contributed by atoms with Crippen molar-refractivity contribution in [1.82, 2.24) is 5.32 Å². The summed E-state index contributed by atoms with van der Waals surface area (Å²) in [7, 11) is 0. The number of benzene rings is 1. The average molecular weight is 380 g/mol. The summed E-state index contributed by atoms with van der Waals surface area (Å²) in [5.74, 6) is 0.505. The van der Waals surface area contributed by atoms with Gasteiger partial charge in [0.1, 0.15) is 11.4 Å². The number of amides is 1. The molecule has 134 valence electrons. The third-order valence-electron chi connectivity index (χ3n) is 4.45.